The maximum atomic E-state index is 12.4. The third kappa shape index (κ3) is 3.39. The number of nitrogens with one attached hydrogen (secondary N) is 2. The molecule has 0 aliphatic rings. The molecule has 0 spiro atoms. The van der Waals surface area contributed by atoms with Gasteiger partial charge in [-0.15, -0.1) is 0 Å². The smallest absolute Gasteiger partial charge is 0.323 e. The zero-order chi connectivity index (χ0) is 16.9. The van der Waals surface area contributed by atoms with Gasteiger partial charge in [-0.3, -0.25) is 0 Å². The number of urea groups is 1. The molecule has 0 aromatic heterocycles. The molecule has 0 radical (unpaired) electrons. The average molecular weight is 320 g/mol. The molecule has 0 heterocycles. The van der Waals surface area contributed by atoms with Crippen LogP contribution in [0.5, 0.6) is 0 Å². The van der Waals surface area contributed by atoms with Gasteiger partial charge in [-0.2, -0.15) is 0 Å². The van der Waals surface area contributed by atoms with Crippen molar-refractivity contribution in [1.29, 1.82) is 0 Å². The zero-order valence-corrected chi connectivity index (χ0v) is 13.5. The fraction of sp³-hybridized carbons (Fsp3) is 0.150. The summed E-state index contributed by atoms with van der Waals surface area (Å²) in [5, 5.41) is 17.1. The predicted octanol–water partition coefficient (Wildman–Crippen LogP) is 4.33. The maximum Gasteiger partial charge on any atom is 0.323 e. The minimum atomic E-state index is -0.292. The van der Waals surface area contributed by atoms with Crippen molar-refractivity contribution >= 4 is 28.2 Å². The van der Waals surface area contributed by atoms with Gasteiger partial charge in [0.05, 0.1) is 5.69 Å². The Kier molecular flexibility index (Phi) is 4.77. The van der Waals surface area contributed by atoms with Crippen molar-refractivity contribution in [2.45, 2.75) is 13.3 Å². The van der Waals surface area contributed by atoms with E-state index in [0.29, 0.717) is 12.1 Å². The van der Waals surface area contributed by atoms with Gasteiger partial charge in [0.25, 0.3) is 0 Å². The zero-order valence-electron chi connectivity index (χ0n) is 13.5. The van der Waals surface area contributed by atoms with Crippen molar-refractivity contribution in [3.05, 3.63) is 71.8 Å². The van der Waals surface area contributed by atoms with Crippen LogP contribution in [0.25, 0.3) is 10.8 Å². The van der Waals surface area contributed by atoms with E-state index < -0.39 is 0 Å². The first kappa shape index (κ1) is 16.0. The lowest BCUT2D eigenvalue weighted by atomic mass is 10.0. The summed E-state index contributed by atoms with van der Waals surface area (Å²) < 4.78 is 0. The SMILES string of the molecule is Cc1ccc2ccccc2c1NC(=O)Nc1ccccc1CCO. The molecular formula is C20H20N2O2. The van der Waals surface area contributed by atoms with Crippen LogP contribution in [0.4, 0.5) is 16.2 Å². The summed E-state index contributed by atoms with van der Waals surface area (Å²) in [6.07, 6.45) is 0.504. The van der Waals surface area contributed by atoms with Gasteiger partial charge >= 0.3 is 6.03 Å². The Hall–Kier alpha value is -2.85. The summed E-state index contributed by atoms with van der Waals surface area (Å²) in [4.78, 5) is 12.4. The van der Waals surface area contributed by atoms with Crippen LogP contribution in [-0.2, 0) is 6.42 Å². The van der Waals surface area contributed by atoms with E-state index in [2.05, 4.69) is 10.6 Å². The number of aliphatic hydroxyl groups is 1. The van der Waals surface area contributed by atoms with Crippen LogP contribution in [0.1, 0.15) is 11.1 Å². The molecule has 0 unspecified atom stereocenters. The van der Waals surface area contributed by atoms with Crippen molar-refractivity contribution in [3.63, 3.8) is 0 Å². The van der Waals surface area contributed by atoms with Gasteiger partial charge in [0.15, 0.2) is 0 Å². The number of aliphatic hydroxyl groups excluding tert-OH is 1. The summed E-state index contributed by atoms with van der Waals surface area (Å²) >= 11 is 0. The molecule has 3 N–H and O–H groups in total. The topological polar surface area (TPSA) is 61.4 Å². The third-order valence-corrected chi connectivity index (χ3v) is 4.02. The molecule has 0 aliphatic heterocycles. The van der Waals surface area contributed by atoms with Gasteiger partial charge in [-0.05, 0) is 35.9 Å². The highest BCUT2D eigenvalue weighted by molar-refractivity contribution is 6.07. The van der Waals surface area contributed by atoms with E-state index in [0.717, 1.165) is 27.6 Å². The van der Waals surface area contributed by atoms with Gasteiger partial charge < -0.3 is 15.7 Å². The molecule has 0 bridgehead atoms. The van der Waals surface area contributed by atoms with E-state index in [1.54, 1.807) is 0 Å². The van der Waals surface area contributed by atoms with Crippen LogP contribution >= 0.6 is 0 Å². The second-order valence-corrected chi connectivity index (χ2v) is 5.69. The van der Waals surface area contributed by atoms with Crippen LogP contribution in [0.2, 0.25) is 0 Å². The lowest BCUT2D eigenvalue weighted by Crippen LogP contribution is -2.21. The minimum absolute atomic E-state index is 0.0444. The number of aryl methyl sites for hydroxylation is 1. The molecule has 3 aromatic carbocycles. The summed E-state index contributed by atoms with van der Waals surface area (Å²) in [6, 6.07) is 19.2. The summed E-state index contributed by atoms with van der Waals surface area (Å²) in [7, 11) is 0. The number of anilines is 2. The maximum absolute atomic E-state index is 12.4. The number of hydrogen-bond acceptors (Lipinski definition) is 2. The molecule has 4 heteroatoms. The van der Waals surface area contributed by atoms with Crippen molar-refractivity contribution in [2.75, 3.05) is 17.2 Å². The van der Waals surface area contributed by atoms with E-state index in [9.17, 15) is 4.79 Å². The molecule has 0 aliphatic carbocycles. The van der Waals surface area contributed by atoms with E-state index in [1.807, 2.05) is 67.6 Å². The highest BCUT2D eigenvalue weighted by atomic mass is 16.3. The standard InChI is InChI=1S/C20H20N2O2/c1-14-10-11-15-6-2-4-8-17(15)19(14)22-20(24)21-18-9-5-3-7-16(18)12-13-23/h2-11,23H,12-13H2,1H3,(H2,21,22,24). The third-order valence-electron chi connectivity index (χ3n) is 4.02. The van der Waals surface area contributed by atoms with Gasteiger partial charge in [0, 0.05) is 17.7 Å². The number of para-hydroxylation sites is 1. The van der Waals surface area contributed by atoms with Crippen LogP contribution in [0, 0.1) is 6.92 Å². The molecule has 0 saturated heterocycles. The Morgan fingerprint density at radius 2 is 1.71 bits per heavy atom. The summed E-state index contributed by atoms with van der Waals surface area (Å²) in [5.41, 5.74) is 3.43. The Bertz CT molecular complexity index is 874. The summed E-state index contributed by atoms with van der Waals surface area (Å²) in [6.45, 7) is 2.02. The number of fused-ring (bicyclic) bond motifs is 1. The fourth-order valence-electron chi connectivity index (χ4n) is 2.79. The number of rotatable bonds is 4. The van der Waals surface area contributed by atoms with Gasteiger partial charge in [0.1, 0.15) is 0 Å². The number of hydrogen-bond donors (Lipinski definition) is 3. The first-order valence-corrected chi connectivity index (χ1v) is 7.94. The minimum Gasteiger partial charge on any atom is -0.396 e. The second-order valence-electron chi connectivity index (χ2n) is 5.69. The van der Waals surface area contributed by atoms with Gasteiger partial charge in [0.2, 0.25) is 0 Å². The van der Waals surface area contributed by atoms with E-state index in [4.69, 9.17) is 5.11 Å². The van der Waals surface area contributed by atoms with Crippen molar-refractivity contribution in [2.24, 2.45) is 0 Å². The van der Waals surface area contributed by atoms with Crippen molar-refractivity contribution in [3.8, 4) is 0 Å². The van der Waals surface area contributed by atoms with E-state index >= 15 is 0 Å². The summed E-state index contributed by atoms with van der Waals surface area (Å²) in [5.74, 6) is 0. The Morgan fingerprint density at radius 1 is 0.958 bits per heavy atom. The van der Waals surface area contributed by atoms with E-state index in [1.165, 1.54) is 0 Å². The molecule has 3 rings (SSSR count). The molecule has 24 heavy (non-hydrogen) atoms. The normalized spacial score (nSPS) is 10.6. The average Bonchev–Trinajstić information content (AvgIpc) is 2.59. The molecule has 2 amide bonds. The van der Waals surface area contributed by atoms with E-state index in [-0.39, 0.29) is 12.6 Å². The Balaban J connectivity index is 1.85. The monoisotopic (exact) mass is 320 g/mol. The van der Waals surface area contributed by atoms with Crippen molar-refractivity contribution < 1.29 is 9.90 Å². The molecule has 0 saturated carbocycles. The van der Waals surface area contributed by atoms with Crippen LogP contribution in [0.3, 0.4) is 0 Å². The molecule has 122 valence electrons. The largest absolute Gasteiger partial charge is 0.396 e. The predicted molar refractivity (Wildman–Crippen MR) is 98.6 cm³/mol. The number of amides is 2. The van der Waals surface area contributed by atoms with Crippen molar-refractivity contribution in [1.82, 2.24) is 0 Å². The molecular weight excluding hydrogens is 300 g/mol. The number of carbonyl (C=O) groups is 1. The number of benzene rings is 3. The highest BCUT2D eigenvalue weighted by Crippen LogP contribution is 2.27. The first-order valence-electron chi connectivity index (χ1n) is 7.94. The molecule has 0 fully saturated rings. The lowest BCUT2D eigenvalue weighted by Gasteiger charge is -2.14. The van der Waals surface area contributed by atoms with Crippen LogP contribution in [-0.4, -0.2) is 17.7 Å². The molecule has 3 aromatic rings. The highest BCUT2D eigenvalue weighted by Gasteiger charge is 2.10. The molecule has 0 atom stereocenters. The molecule has 4 nitrogen and oxygen atoms in total. The van der Waals surface area contributed by atoms with Gasteiger partial charge in [-0.25, -0.2) is 4.79 Å². The quantitative estimate of drug-likeness (QED) is 0.670. The fourth-order valence-corrected chi connectivity index (χ4v) is 2.79. The number of carbonyl (C=O) groups excluding carboxylic acids is 1. The Morgan fingerprint density at radius 3 is 2.54 bits per heavy atom. The Labute approximate surface area is 141 Å². The first-order chi connectivity index (χ1) is 11.7. The van der Waals surface area contributed by atoms with Crippen LogP contribution in [0.15, 0.2) is 60.7 Å². The van der Waals surface area contributed by atoms with Crippen LogP contribution < -0.4 is 10.6 Å². The lowest BCUT2D eigenvalue weighted by molar-refractivity contribution is 0.262. The second kappa shape index (κ2) is 7.15. The van der Waals surface area contributed by atoms with Gasteiger partial charge in [-0.1, -0.05) is 54.6 Å².